The molecular formula is C25H32F5N5O4. The highest BCUT2D eigenvalue weighted by Gasteiger charge is 2.61. The van der Waals surface area contributed by atoms with Gasteiger partial charge in [-0.15, -0.1) is 0 Å². The van der Waals surface area contributed by atoms with Crippen LogP contribution < -0.4 is 16.0 Å². The summed E-state index contributed by atoms with van der Waals surface area (Å²) in [6.07, 6.45) is -2.84. The number of fused-ring (bicyclic) bond motifs is 3. The fraction of sp³-hybridized carbons (Fsp3) is 0.800. The number of nitriles is 1. The lowest BCUT2D eigenvalue weighted by molar-refractivity contribution is -0.196. The Morgan fingerprint density at radius 1 is 1.08 bits per heavy atom. The van der Waals surface area contributed by atoms with Crippen molar-refractivity contribution in [3.8, 4) is 6.07 Å². The van der Waals surface area contributed by atoms with Gasteiger partial charge in [-0.25, -0.2) is 8.78 Å². The van der Waals surface area contributed by atoms with Gasteiger partial charge in [0, 0.05) is 24.9 Å². The van der Waals surface area contributed by atoms with Gasteiger partial charge in [0.15, 0.2) is 0 Å². The molecule has 0 spiro atoms. The van der Waals surface area contributed by atoms with Gasteiger partial charge < -0.3 is 20.9 Å². The Morgan fingerprint density at radius 2 is 1.79 bits per heavy atom. The van der Waals surface area contributed by atoms with Gasteiger partial charge in [0.1, 0.15) is 18.1 Å². The van der Waals surface area contributed by atoms with E-state index in [1.54, 1.807) is 5.32 Å². The fourth-order valence-electron chi connectivity index (χ4n) is 6.27. The molecule has 0 aromatic heterocycles. The monoisotopic (exact) mass is 561 g/mol. The zero-order chi connectivity index (χ0) is 28.5. The Kier molecular flexibility index (Phi) is 8.37. The molecule has 0 unspecified atom stereocenters. The molecule has 39 heavy (non-hydrogen) atoms. The Morgan fingerprint density at radius 3 is 2.36 bits per heavy atom. The Bertz CT molecular complexity index is 1030. The van der Waals surface area contributed by atoms with Gasteiger partial charge in [-0.1, -0.05) is 19.3 Å². The Hall–Kier alpha value is -2.98. The van der Waals surface area contributed by atoms with Gasteiger partial charge >= 0.3 is 12.1 Å². The van der Waals surface area contributed by atoms with Crippen molar-refractivity contribution in [1.29, 1.82) is 5.26 Å². The highest BCUT2D eigenvalue weighted by Crippen LogP contribution is 2.49. The molecule has 6 atom stereocenters. The molecule has 216 valence electrons. The van der Waals surface area contributed by atoms with Crippen LogP contribution in [0.5, 0.6) is 0 Å². The number of carbonyl (C=O) groups excluding carboxylic acids is 4. The number of nitrogens with one attached hydrogen (secondary N) is 3. The van der Waals surface area contributed by atoms with E-state index in [2.05, 4.69) is 10.6 Å². The second kappa shape index (κ2) is 11.3. The molecule has 2 bridgehead atoms. The lowest BCUT2D eigenvalue weighted by atomic mass is 9.71. The van der Waals surface area contributed by atoms with Crippen molar-refractivity contribution in [2.45, 2.75) is 100 Å². The van der Waals surface area contributed by atoms with Gasteiger partial charge in [0.05, 0.1) is 12.0 Å². The van der Waals surface area contributed by atoms with Crippen LogP contribution in [0, 0.1) is 29.1 Å². The summed E-state index contributed by atoms with van der Waals surface area (Å²) >= 11 is 0. The number of amides is 4. The van der Waals surface area contributed by atoms with Gasteiger partial charge in [-0.2, -0.15) is 18.4 Å². The standard InChI is InChI=1S/C25H32F5N5O4/c26-24(27)11-16-6-7-17(24)19(21(37)33-15(12-31)10-14-5-2-8-32-20(14)36)35(16)22(38)18(9-13-3-1-4-13)34-23(39)25(28,29)30/h13-19H,1-11H2,(H,32,36)(H,33,37)(H,34,39)/t14-,15-,16+,17+,18+,19+/m1/s1. The smallest absolute Gasteiger partial charge is 0.356 e. The summed E-state index contributed by atoms with van der Waals surface area (Å²) in [5, 5.41) is 16.4. The van der Waals surface area contributed by atoms with Crippen molar-refractivity contribution in [1.82, 2.24) is 20.9 Å². The maximum atomic E-state index is 15.0. The van der Waals surface area contributed by atoms with Crippen LogP contribution >= 0.6 is 0 Å². The zero-order valence-corrected chi connectivity index (χ0v) is 21.2. The van der Waals surface area contributed by atoms with Gasteiger partial charge in [0.2, 0.25) is 17.7 Å². The minimum absolute atomic E-state index is 0.0504. The largest absolute Gasteiger partial charge is 0.471 e. The van der Waals surface area contributed by atoms with Gasteiger partial charge in [-0.05, 0) is 44.4 Å². The molecule has 0 radical (unpaired) electrons. The number of hydrogen-bond acceptors (Lipinski definition) is 5. The first-order valence-corrected chi connectivity index (χ1v) is 13.4. The normalized spacial score (nSPS) is 29.8. The minimum Gasteiger partial charge on any atom is -0.356 e. The highest BCUT2D eigenvalue weighted by atomic mass is 19.4. The van der Waals surface area contributed by atoms with Crippen molar-refractivity contribution in [2.75, 3.05) is 6.54 Å². The maximum Gasteiger partial charge on any atom is 0.471 e. The van der Waals surface area contributed by atoms with E-state index in [-0.39, 0.29) is 37.5 Å². The summed E-state index contributed by atoms with van der Waals surface area (Å²) in [6, 6.07) is -3.82. The zero-order valence-electron chi connectivity index (χ0n) is 21.2. The molecule has 3 aliphatic heterocycles. The van der Waals surface area contributed by atoms with Crippen molar-refractivity contribution in [3.63, 3.8) is 0 Å². The molecule has 3 heterocycles. The van der Waals surface area contributed by atoms with Crippen molar-refractivity contribution >= 4 is 23.6 Å². The van der Waals surface area contributed by atoms with E-state index in [1.807, 2.05) is 6.07 Å². The lowest BCUT2D eigenvalue weighted by Gasteiger charge is -2.54. The molecule has 2 aliphatic carbocycles. The molecule has 3 N–H and O–H groups in total. The maximum absolute atomic E-state index is 15.0. The molecule has 4 amide bonds. The molecule has 5 fully saturated rings. The number of halogens is 5. The van der Waals surface area contributed by atoms with Crippen LogP contribution in [0.4, 0.5) is 22.0 Å². The molecule has 0 aromatic rings. The average molecular weight is 562 g/mol. The molecule has 3 saturated heterocycles. The van der Waals surface area contributed by atoms with Crippen molar-refractivity contribution < 1.29 is 41.1 Å². The molecule has 0 aromatic carbocycles. The number of rotatable bonds is 8. The van der Waals surface area contributed by atoms with Crippen LogP contribution in [0.2, 0.25) is 0 Å². The number of hydrogen-bond donors (Lipinski definition) is 3. The third-order valence-electron chi connectivity index (χ3n) is 8.51. The summed E-state index contributed by atoms with van der Waals surface area (Å²) in [4.78, 5) is 51.9. The predicted molar refractivity (Wildman–Crippen MR) is 125 cm³/mol. The summed E-state index contributed by atoms with van der Waals surface area (Å²) in [5.74, 6) is -10.2. The average Bonchev–Trinajstić information content (AvgIpc) is 2.84. The first kappa shape index (κ1) is 29.0. The van der Waals surface area contributed by atoms with Gasteiger partial charge in [-0.3, -0.25) is 19.2 Å². The topological polar surface area (TPSA) is 131 Å². The van der Waals surface area contributed by atoms with Crippen LogP contribution in [0.15, 0.2) is 0 Å². The lowest BCUT2D eigenvalue weighted by Crippen LogP contribution is -2.71. The summed E-state index contributed by atoms with van der Waals surface area (Å²) in [6.45, 7) is 0.489. The van der Waals surface area contributed by atoms with Crippen molar-refractivity contribution in [2.24, 2.45) is 17.8 Å². The summed E-state index contributed by atoms with van der Waals surface area (Å²) in [7, 11) is 0. The van der Waals surface area contributed by atoms with Crippen LogP contribution in [-0.4, -0.2) is 71.3 Å². The van der Waals surface area contributed by atoms with Crippen molar-refractivity contribution in [3.05, 3.63) is 0 Å². The molecule has 2 saturated carbocycles. The molecular weight excluding hydrogens is 529 g/mol. The quantitative estimate of drug-likeness (QED) is 0.391. The minimum atomic E-state index is -5.26. The van der Waals surface area contributed by atoms with Crippen LogP contribution in [0.25, 0.3) is 0 Å². The molecule has 5 rings (SSSR count). The van der Waals surface area contributed by atoms with E-state index in [1.165, 1.54) is 0 Å². The fourth-order valence-corrected chi connectivity index (χ4v) is 6.27. The van der Waals surface area contributed by atoms with Crippen LogP contribution in [0.1, 0.15) is 64.2 Å². The first-order valence-electron chi connectivity index (χ1n) is 13.4. The Labute approximate surface area is 222 Å². The summed E-state index contributed by atoms with van der Waals surface area (Å²) < 4.78 is 69.1. The second-order valence-corrected chi connectivity index (χ2v) is 11.1. The summed E-state index contributed by atoms with van der Waals surface area (Å²) in [5.41, 5.74) is 0. The first-order chi connectivity index (χ1) is 18.3. The molecule has 9 nitrogen and oxygen atoms in total. The number of piperidine rings is 3. The van der Waals surface area contributed by atoms with Crippen LogP contribution in [0.3, 0.4) is 0 Å². The third kappa shape index (κ3) is 6.27. The van der Waals surface area contributed by atoms with Crippen LogP contribution in [-0.2, 0) is 19.2 Å². The van der Waals surface area contributed by atoms with E-state index >= 15 is 0 Å². The molecule has 5 aliphatic rings. The van der Waals surface area contributed by atoms with E-state index in [0.717, 1.165) is 11.3 Å². The number of carbonyl (C=O) groups is 4. The number of alkyl halides is 5. The Balaban J connectivity index is 1.57. The molecule has 14 heteroatoms. The van der Waals surface area contributed by atoms with E-state index < -0.39 is 72.2 Å². The third-order valence-corrected chi connectivity index (χ3v) is 8.51. The van der Waals surface area contributed by atoms with E-state index in [4.69, 9.17) is 0 Å². The van der Waals surface area contributed by atoms with E-state index in [0.29, 0.717) is 32.2 Å². The second-order valence-electron chi connectivity index (χ2n) is 11.1. The SMILES string of the molecule is N#C[C@@H](C[C@H]1CCCNC1=O)NC(=O)[C@@H]1[C@@H]2CC[C@@H](CC2(F)F)N1C(=O)[C@H](CC1CCC1)NC(=O)C(F)(F)F. The number of nitrogens with zero attached hydrogens (tertiary/aromatic N) is 2. The highest BCUT2D eigenvalue weighted by molar-refractivity contribution is 5.94. The predicted octanol–water partition coefficient (Wildman–Crippen LogP) is 2.16. The van der Waals surface area contributed by atoms with Gasteiger partial charge in [0.25, 0.3) is 5.92 Å². The van der Waals surface area contributed by atoms with E-state index in [9.17, 15) is 46.4 Å².